The molecule has 0 saturated heterocycles. The topological polar surface area (TPSA) is 134 Å². The number of nitrogens with zero attached hydrogens (tertiary/aromatic N) is 1. The number of carbonyl (C=O) groups excluding carboxylic acids is 3. The van der Waals surface area contributed by atoms with Gasteiger partial charge < -0.3 is 19.5 Å². The second-order valence-corrected chi connectivity index (χ2v) is 8.64. The van der Waals surface area contributed by atoms with Gasteiger partial charge in [-0.25, -0.2) is 4.79 Å². The van der Waals surface area contributed by atoms with Gasteiger partial charge in [0.05, 0.1) is 24.2 Å². The number of carbonyl (C=O) groups is 3. The molecule has 3 rings (SSSR count). The van der Waals surface area contributed by atoms with E-state index in [9.17, 15) is 24.5 Å². The number of hydrogen-bond acceptors (Lipinski definition) is 9. The first-order valence-corrected chi connectivity index (χ1v) is 11.5. The van der Waals surface area contributed by atoms with Gasteiger partial charge >= 0.3 is 11.9 Å². The summed E-state index contributed by atoms with van der Waals surface area (Å²) in [5.74, 6) is -4.11. The summed E-state index contributed by atoms with van der Waals surface area (Å²) < 4.78 is 15.7. The predicted molar refractivity (Wildman–Crippen MR) is 125 cm³/mol. The zero-order valence-corrected chi connectivity index (χ0v) is 20.3. The van der Waals surface area contributed by atoms with E-state index in [-0.39, 0.29) is 36.0 Å². The summed E-state index contributed by atoms with van der Waals surface area (Å²) in [5.41, 5.74) is 1.65. The molecule has 0 saturated carbocycles. The summed E-state index contributed by atoms with van der Waals surface area (Å²) in [7, 11) is 1.22. The molecule has 1 aliphatic carbocycles. The molecule has 10 heteroatoms. The summed E-state index contributed by atoms with van der Waals surface area (Å²) in [6.45, 7) is 6.21. The maximum atomic E-state index is 13.7. The molecule has 1 N–H and O–H groups in total. The van der Waals surface area contributed by atoms with Gasteiger partial charge in [0.25, 0.3) is 5.69 Å². The molecule has 1 heterocycles. The number of hydrogen-bond donors (Lipinski definition) is 1. The summed E-state index contributed by atoms with van der Waals surface area (Å²) >= 11 is 0. The van der Waals surface area contributed by atoms with Crippen LogP contribution in [0.5, 0.6) is 0 Å². The van der Waals surface area contributed by atoms with E-state index in [1.807, 2.05) is 6.92 Å². The number of ether oxygens (including phenoxy) is 3. The number of non-ortho nitro benzene ring substituents is 1. The van der Waals surface area contributed by atoms with Crippen LogP contribution in [0.4, 0.5) is 5.69 Å². The molecule has 1 aromatic rings. The molecule has 0 fully saturated rings. The van der Waals surface area contributed by atoms with Crippen molar-refractivity contribution in [1.29, 1.82) is 0 Å². The normalized spacial score (nSPS) is 21.8. The molecule has 0 radical (unpaired) electrons. The van der Waals surface area contributed by atoms with Gasteiger partial charge in [0.2, 0.25) is 0 Å². The fraction of sp³-hybridized carbons (Fsp3) is 0.480. The van der Waals surface area contributed by atoms with E-state index in [2.05, 4.69) is 5.32 Å². The molecular formula is C25H30N2O8. The lowest BCUT2D eigenvalue weighted by Gasteiger charge is -2.38. The Balaban J connectivity index is 2.07. The van der Waals surface area contributed by atoms with Crippen LogP contribution in [0.15, 0.2) is 46.8 Å². The van der Waals surface area contributed by atoms with Crippen molar-refractivity contribution in [2.45, 2.75) is 39.5 Å². The number of esters is 2. The van der Waals surface area contributed by atoms with Gasteiger partial charge in [-0.1, -0.05) is 26.0 Å². The Morgan fingerprint density at radius 3 is 2.63 bits per heavy atom. The maximum absolute atomic E-state index is 13.7. The van der Waals surface area contributed by atoms with Crippen LogP contribution in [0.1, 0.15) is 45.1 Å². The molecular weight excluding hydrogens is 456 g/mol. The molecule has 1 aliphatic heterocycles. The number of allylic oxidation sites excluding steroid dienone is 3. The molecule has 0 aromatic heterocycles. The minimum Gasteiger partial charge on any atom is -0.468 e. The molecule has 35 heavy (non-hydrogen) atoms. The quantitative estimate of drug-likeness (QED) is 0.184. The van der Waals surface area contributed by atoms with Crippen LogP contribution in [0, 0.1) is 22.0 Å². The second kappa shape index (κ2) is 11.3. The van der Waals surface area contributed by atoms with Crippen LogP contribution < -0.4 is 5.32 Å². The van der Waals surface area contributed by atoms with Crippen LogP contribution >= 0.6 is 0 Å². The van der Waals surface area contributed by atoms with Gasteiger partial charge in [-0.15, -0.1) is 0 Å². The lowest BCUT2D eigenvalue weighted by atomic mass is 9.69. The lowest BCUT2D eigenvalue weighted by Crippen LogP contribution is -2.43. The van der Waals surface area contributed by atoms with Crippen molar-refractivity contribution in [3.8, 4) is 0 Å². The Morgan fingerprint density at radius 1 is 1.23 bits per heavy atom. The predicted octanol–water partition coefficient (Wildman–Crippen LogP) is 3.18. The summed E-state index contributed by atoms with van der Waals surface area (Å²) in [6, 6.07) is 5.79. The van der Waals surface area contributed by atoms with Gasteiger partial charge in [-0.2, -0.15) is 0 Å². The molecule has 0 unspecified atom stereocenters. The van der Waals surface area contributed by atoms with E-state index in [0.29, 0.717) is 30.0 Å². The molecule has 0 bridgehead atoms. The molecule has 188 valence electrons. The Bertz CT molecular complexity index is 1090. The SMILES string of the molecule is CCCOCCOC(=O)C1=C(C)NC2=C(C(=O)[C@@H](C(=O)OC)[C@@H](C)C2)[C@@H]1c1cccc([N+](=O)[O-])c1. The highest BCUT2D eigenvalue weighted by Gasteiger charge is 2.47. The van der Waals surface area contributed by atoms with Crippen LogP contribution in [0.25, 0.3) is 0 Å². The third-order valence-electron chi connectivity index (χ3n) is 6.19. The summed E-state index contributed by atoms with van der Waals surface area (Å²) in [5, 5.41) is 14.6. The Kier molecular flexibility index (Phi) is 8.39. The Hall–Kier alpha value is -3.53. The van der Waals surface area contributed by atoms with Gasteiger partial charge in [-0.05, 0) is 31.2 Å². The number of nitro benzene ring substituents is 1. The van der Waals surface area contributed by atoms with E-state index in [4.69, 9.17) is 14.2 Å². The molecule has 0 amide bonds. The Labute approximate surface area is 203 Å². The van der Waals surface area contributed by atoms with Crippen molar-refractivity contribution >= 4 is 23.4 Å². The minimum atomic E-state index is -1.04. The highest BCUT2D eigenvalue weighted by atomic mass is 16.6. The Morgan fingerprint density at radius 2 is 1.97 bits per heavy atom. The molecule has 3 atom stereocenters. The molecule has 2 aliphatic rings. The van der Waals surface area contributed by atoms with E-state index >= 15 is 0 Å². The van der Waals surface area contributed by atoms with Gasteiger partial charge in [0.15, 0.2) is 5.78 Å². The largest absolute Gasteiger partial charge is 0.468 e. The van der Waals surface area contributed by atoms with Gasteiger partial charge in [0, 0.05) is 41.6 Å². The number of Topliss-reactive ketones (excluding diaryl/α,β-unsaturated/α-hetero) is 1. The number of rotatable bonds is 9. The number of ketones is 1. The zero-order chi connectivity index (χ0) is 25.7. The maximum Gasteiger partial charge on any atom is 0.336 e. The average Bonchev–Trinajstić information content (AvgIpc) is 2.82. The number of dihydropyridines is 1. The number of benzene rings is 1. The number of nitrogens with one attached hydrogen (secondary N) is 1. The fourth-order valence-electron chi connectivity index (χ4n) is 4.62. The summed E-state index contributed by atoms with van der Waals surface area (Å²) in [4.78, 5) is 50.3. The lowest BCUT2D eigenvalue weighted by molar-refractivity contribution is -0.384. The zero-order valence-electron chi connectivity index (χ0n) is 20.3. The van der Waals surface area contributed by atoms with Crippen LogP contribution in [-0.2, 0) is 28.6 Å². The highest BCUT2D eigenvalue weighted by molar-refractivity contribution is 6.12. The van der Waals surface area contributed by atoms with Gasteiger partial charge in [-0.3, -0.25) is 19.7 Å². The summed E-state index contributed by atoms with van der Waals surface area (Å²) in [6.07, 6.45) is 1.20. The van der Waals surface area contributed by atoms with Crippen molar-refractivity contribution in [2.24, 2.45) is 11.8 Å². The van der Waals surface area contributed by atoms with E-state index in [1.54, 1.807) is 19.9 Å². The molecule has 0 spiro atoms. The monoisotopic (exact) mass is 486 g/mol. The first kappa shape index (κ1) is 26.1. The van der Waals surface area contributed by atoms with Crippen molar-refractivity contribution in [2.75, 3.05) is 26.9 Å². The third-order valence-corrected chi connectivity index (χ3v) is 6.19. The number of nitro groups is 1. The van der Waals surface area contributed by atoms with Gasteiger partial charge in [0.1, 0.15) is 12.5 Å². The third kappa shape index (κ3) is 5.43. The fourth-order valence-corrected chi connectivity index (χ4v) is 4.62. The smallest absolute Gasteiger partial charge is 0.336 e. The second-order valence-electron chi connectivity index (χ2n) is 8.64. The van der Waals surface area contributed by atoms with Crippen LogP contribution in [-0.4, -0.2) is 49.6 Å². The van der Waals surface area contributed by atoms with Crippen LogP contribution in [0.3, 0.4) is 0 Å². The van der Waals surface area contributed by atoms with Crippen molar-refractivity contribution in [3.63, 3.8) is 0 Å². The first-order chi connectivity index (χ1) is 16.7. The first-order valence-electron chi connectivity index (χ1n) is 11.5. The molecule has 10 nitrogen and oxygen atoms in total. The highest BCUT2D eigenvalue weighted by Crippen LogP contribution is 2.45. The van der Waals surface area contributed by atoms with E-state index < -0.39 is 34.5 Å². The van der Waals surface area contributed by atoms with Crippen LogP contribution in [0.2, 0.25) is 0 Å². The van der Waals surface area contributed by atoms with E-state index in [1.165, 1.54) is 25.3 Å². The van der Waals surface area contributed by atoms with Crippen molar-refractivity contribution < 1.29 is 33.5 Å². The van der Waals surface area contributed by atoms with Crippen molar-refractivity contribution in [3.05, 3.63) is 62.5 Å². The molecule has 1 aromatic carbocycles. The minimum absolute atomic E-state index is 0.0128. The number of methoxy groups -OCH3 is 1. The standard InChI is InChI=1S/C25H30N2O8/c1-5-9-34-10-11-35-25(30)20-15(3)26-18-12-14(2)19(24(29)33-4)23(28)22(18)21(20)16-7-6-8-17(13-16)27(31)32/h6-8,13-14,19,21,26H,5,9-12H2,1-4H3/t14-,19-,21+/m0/s1. The van der Waals surface area contributed by atoms with E-state index in [0.717, 1.165) is 6.42 Å². The van der Waals surface area contributed by atoms with Crippen molar-refractivity contribution in [1.82, 2.24) is 5.32 Å². The average molecular weight is 487 g/mol.